The van der Waals surface area contributed by atoms with Crippen LogP contribution in [0.25, 0.3) is 0 Å². The third-order valence-electron chi connectivity index (χ3n) is 1.93. The molecule has 86 valence electrons. The molecule has 0 fully saturated rings. The van der Waals surface area contributed by atoms with E-state index in [1.165, 1.54) is 0 Å². The summed E-state index contributed by atoms with van der Waals surface area (Å²) in [4.78, 5) is 0. The van der Waals surface area contributed by atoms with Crippen LogP contribution >= 0.6 is 0 Å². The first-order valence-electron chi connectivity index (χ1n) is 4.12. The minimum Gasteiger partial charge on any atom is -0.171 e. The van der Waals surface area contributed by atoms with Crippen molar-refractivity contribution < 1.29 is 26.3 Å². The molecule has 1 atom stereocenters. The van der Waals surface area contributed by atoms with Gasteiger partial charge in [0.15, 0.2) is 0 Å². The second-order valence-corrected chi connectivity index (χ2v) is 3.14. The Kier molecular flexibility index (Phi) is 3.26. The van der Waals surface area contributed by atoms with Crippen LogP contribution in [0.5, 0.6) is 0 Å². The molecule has 0 saturated carbocycles. The summed E-state index contributed by atoms with van der Waals surface area (Å²) < 4.78 is 73.1. The van der Waals surface area contributed by atoms with Gasteiger partial charge in [0.05, 0.1) is 13.4 Å². The second kappa shape index (κ2) is 4.03. The molecule has 0 spiro atoms. The molecule has 7 heteroatoms. The van der Waals surface area contributed by atoms with Crippen molar-refractivity contribution in [1.29, 1.82) is 0 Å². The molecule has 0 aromatic heterocycles. The first-order valence-corrected chi connectivity index (χ1v) is 4.12. The number of hydrogen-bond donors (Lipinski definition) is 0. The molecule has 16 heavy (non-hydrogen) atoms. The summed E-state index contributed by atoms with van der Waals surface area (Å²) in [7, 11) is 4.79. The summed E-state index contributed by atoms with van der Waals surface area (Å²) in [5.41, 5.74) is -1.76. The summed E-state index contributed by atoms with van der Waals surface area (Å²) in [5, 5.41) is 0. The Balaban J connectivity index is 3.09. The van der Waals surface area contributed by atoms with Crippen molar-refractivity contribution in [2.45, 2.75) is 18.2 Å². The van der Waals surface area contributed by atoms with Gasteiger partial charge in [-0.2, -0.15) is 26.3 Å². The molecule has 1 aromatic carbocycles. The lowest BCUT2D eigenvalue weighted by Gasteiger charge is -2.17. The van der Waals surface area contributed by atoms with Crippen molar-refractivity contribution in [3.05, 3.63) is 35.4 Å². The van der Waals surface area contributed by atoms with Gasteiger partial charge in [-0.15, -0.1) is 0 Å². The minimum atomic E-state index is -4.76. The first-order chi connectivity index (χ1) is 7.12. The predicted octanol–water partition coefficient (Wildman–Crippen LogP) is 3.48. The second-order valence-electron chi connectivity index (χ2n) is 3.14. The van der Waals surface area contributed by atoms with Crippen LogP contribution in [0.2, 0.25) is 0 Å². The van der Waals surface area contributed by atoms with Crippen LogP contribution in [-0.4, -0.2) is 14.0 Å². The monoisotopic (exact) mass is 238 g/mol. The number of halogens is 6. The van der Waals surface area contributed by atoms with Crippen molar-refractivity contribution in [1.82, 2.24) is 0 Å². The molecule has 1 rings (SSSR count). The van der Waals surface area contributed by atoms with Crippen molar-refractivity contribution in [3.8, 4) is 0 Å². The van der Waals surface area contributed by atoms with Crippen molar-refractivity contribution in [3.63, 3.8) is 0 Å². The Hall–Kier alpha value is -1.14. The normalized spacial score (nSPS) is 14.9. The van der Waals surface area contributed by atoms with Crippen LogP contribution in [-0.2, 0) is 6.18 Å². The van der Waals surface area contributed by atoms with E-state index in [2.05, 4.69) is 0 Å². The lowest BCUT2D eigenvalue weighted by Crippen LogP contribution is -2.21. The third kappa shape index (κ3) is 2.93. The highest BCUT2D eigenvalue weighted by molar-refractivity contribution is 6.13. The van der Waals surface area contributed by atoms with Crippen LogP contribution in [0.1, 0.15) is 16.9 Å². The maximum Gasteiger partial charge on any atom is 0.416 e. The zero-order valence-corrected chi connectivity index (χ0v) is 7.73. The van der Waals surface area contributed by atoms with E-state index in [9.17, 15) is 26.3 Å². The smallest absolute Gasteiger partial charge is 0.171 e. The maximum absolute atomic E-state index is 12.2. The molecule has 0 aliphatic rings. The topological polar surface area (TPSA) is 0 Å². The highest BCUT2D eigenvalue weighted by atomic mass is 19.4. The summed E-state index contributed by atoms with van der Waals surface area (Å²) in [6.45, 7) is 0. The quantitative estimate of drug-likeness (QED) is 0.519. The molecule has 0 nitrogen and oxygen atoms in total. The fourth-order valence-corrected chi connectivity index (χ4v) is 1.10. The van der Waals surface area contributed by atoms with Crippen molar-refractivity contribution in [2.24, 2.45) is 0 Å². The molecule has 2 radical (unpaired) electrons. The average Bonchev–Trinajstić information content (AvgIpc) is 2.14. The van der Waals surface area contributed by atoms with Crippen LogP contribution < -0.4 is 0 Å². The van der Waals surface area contributed by atoms with Gasteiger partial charge >= 0.3 is 12.4 Å². The molecule has 0 amide bonds. The summed E-state index contributed by atoms with van der Waals surface area (Å²) in [6, 6.07) is 2.89. The zero-order chi connectivity index (χ0) is 12.6. The van der Waals surface area contributed by atoms with Crippen LogP contribution in [0.4, 0.5) is 26.3 Å². The molecule has 0 bridgehead atoms. The van der Waals surface area contributed by atoms with Gasteiger partial charge in [0.2, 0.25) is 0 Å². The first kappa shape index (κ1) is 12.9. The molecular weight excluding hydrogens is 233 g/mol. The van der Waals surface area contributed by atoms with Crippen molar-refractivity contribution in [2.75, 3.05) is 0 Å². The van der Waals surface area contributed by atoms with Gasteiger partial charge in [-0.05, 0) is 11.6 Å². The summed E-state index contributed by atoms with van der Waals surface area (Å²) in [6.07, 6.45) is -9.44. The summed E-state index contributed by atoms with van der Waals surface area (Å²) >= 11 is 0. The van der Waals surface area contributed by atoms with Gasteiger partial charge in [-0.25, -0.2) is 0 Å². The molecular formula is C9H5BF6. The number of benzene rings is 1. The number of alkyl halides is 6. The minimum absolute atomic E-state index is 0.401. The van der Waals surface area contributed by atoms with Crippen molar-refractivity contribution >= 4 is 7.85 Å². The highest BCUT2D eigenvalue weighted by Crippen LogP contribution is 2.35. The van der Waals surface area contributed by atoms with Gasteiger partial charge in [0, 0.05) is 5.82 Å². The Bertz CT molecular complexity index is 367. The molecule has 0 saturated heterocycles. The Morgan fingerprint density at radius 1 is 1.00 bits per heavy atom. The number of rotatable bonds is 1. The molecule has 0 heterocycles. The van der Waals surface area contributed by atoms with Gasteiger partial charge < -0.3 is 0 Å². The van der Waals surface area contributed by atoms with Gasteiger partial charge in [0.25, 0.3) is 0 Å². The zero-order valence-electron chi connectivity index (χ0n) is 7.73. The van der Waals surface area contributed by atoms with E-state index in [1.807, 2.05) is 0 Å². The van der Waals surface area contributed by atoms with E-state index in [0.29, 0.717) is 12.1 Å². The van der Waals surface area contributed by atoms with Gasteiger partial charge in [0.1, 0.15) is 0 Å². The van der Waals surface area contributed by atoms with E-state index in [-0.39, 0.29) is 0 Å². The third-order valence-corrected chi connectivity index (χ3v) is 1.93. The fraction of sp³-hybridized carbons (Fsp3) is 0.333. The molecule has 1 aromatic rings. The van der Waals surface area contributed by atoms with Crippen LogP contribution in [0.15, 0.2) is 24.3 Å². The van der Waals surface area contributed by atoms with E-state index in [1.54, 1.807) is 0 Å². The summed E-state index contributed by atoms with van der Waals surface area (Å²) in [5.74, 6) is -2.41. The van der Waals surface area contributed by atoms with Gasteiger partial charge in [-0.3, -0.25) is 0 Å². The molecule has 0 aliphatic carbocycles. The maximum atomic E-state index is 12.2. The van der Waals surface area contributed by atoms with E-state index in [4.69, 9.17) is 7.85 Å². The Morgan fingerprint density at radius 3 is 2.00 bits per heavy atom. The lowest BCUT2D eigenvalue weighted by atomic mass is 9.80. The number of hydrogen-bond acceptors (Lipinski definition) is 0. The standard InChI is InChI=1S/C9H5BF6/c10-7(9(14,15)16)5-2-1-3-6(4-5)8(11,12)13/h1-4,7H. The Labute approximate surface area is 88.7 Å². The molecule has 0 aliphatic heterocycles. The van der Waals surface area contributed by atoms with Gasteiger partial charge in [-0.1, -0.05) is 18.2 Å². The molecule has 0 N–H and O–H groups in total. The SMILES string of the molecule is [B]C(c1cccc(C(F)(F)F)c1)C(F)(F)F. The lowest BCUT2D eigenvalue weighted by molar-refractivity contribution is -0.139. The predicted molar refractivity (Wildman–Crippen MR) is 46.0 cm³/mol. The van der Waals surface area contributed by atoms with E-state index < -0.39 is 29.3 Å². The fourth-order valence-electron chi connectivity index (χ4n) is 1.10. The molecule has 1 unspecified atom stereocenters. The highest BCUT2D eigenvalue weighted by Gasteiger charge is 2.38. The largest absolute Gasteiger partial charge is 0.416 e. The van der Waals surface area contributed by atoms with Crippen LogP contribution in [0.3, 0.4) is 0 Å². The van der Waals surface area contributed by atoms with Crippen LogP contribution in [0, 0.1) is 0 Å². The Morgan fingerprint density at radius 2 is 1.56 bits per heavy atom. The van der Waals surface area contributed by atoms with E-state index in [0.717, 1.165) is 12.1 Å². The van der Waals surface area contributed by atoms with E-state index >= 15 is 0 Å². The average molecular weight is 238 g/mol.